The summed E-state index contributed by atoms with van der Waals surface area (Å²) in [7, 11) is 2.17. The van der Waals surface area contributed by atoms with Gasteiger partial charge in [0.1, 0.15) is 0 Å². The van der Waals surface area contributed by atoms with Crippen molar-refractivity contribution in [2.75, 3.05) is 59.5 Å². The summed E-state index contributed by atoms with van der Waals surface area (Å²) in [6, 6.07) is 0. The van der Waals surface area contributed by atoms with Gasteiger partial charge in [-0.1, -0.05) is 25.7 Å². The maximum Gasteiger partial charge on any atom is 0.191 e. The van der Waals surface area contributed by atoms with Gasteiger partial charge in [-0.15, -0.1) is 0 Å². The van der Waals surface area contributed by atoms with E-state index in [-0.39, 0.29) is 6.10 Å². The van der Waals surface area contributed by atoms with Gasteiger partial charge in [-0.05, 0) is 52.7 Å². The second-order valence-electron chi connectivity index (χ2n) is 8.66. The Labute approximate surface area is 166 Å². The number of hydrogen-bond donors (Lipinski definition) is 2. The van der Waals surface area contributed by atoms with Crippen molar-refractivity contribution in [1.29, 1.82) is 0 Å². The molecule has 1 atom stereocenters. The van der Waals surface area contributed by atoms with Gasteiger partial charge < -0.3 is 20.3 Å². The van der Waals surface area contributed by atoms with Gasteiger partial charge in [0.15, 0.2) is 5.96 Å². The predicted molar refractivity (Wildman–Crippen MR) is 112 cm³/mol. The van der Waals surface area contributed by atoms with E-state index in [0.29, 0.717) is 5.54 Å². The van der Waals surface area contributed by atoms with Crippen molar-refractivity contribution in [1.82, 2.24) is 20.4 Å². The van der Waals surface area contributed by atoms with Crippen molar-refractivity contribution in [2.24, 2.45) is 4.99 Å². The second-order valence-corrected chi connectivity index (χ2v) is 8.66. The fourth-order valence-corrected chi connectivity index (χ4v) is 4.92. The van der Waals surface area contributed by atoms with Crippen LogP contribution in [0.25, 0.3) is 0 Å². The summed E-state index contributed by atoms with van der Waals surface area (Å²) in [5, 5.41) is 6.98. The van der Waals surface area contributed by atoms with Gasteiger partial charge in [-0.2, -0.15) is 0 Å². The van der Waals surface area contributed by atoms with Gasteiger partial charge in [0.05, 0.1) is 19.3 Å². The number of likely N-dealkylation sites (N-methyl/N-ethyl adjacent to an activating group) is 1. The molecule has 0 aromatic heterocycles. The minimum absolute atomic E-state index is 0.248. The molecule has 3 fully saturated rings. The first kappa shape index (κ1) is 20.9. The molecule has 0 aromatic carbocycles. The Morgan fingerprint density at radius 3 is 2.48 bits per heavy atom. The molecule has 0 aromatic rings. The number of aliphatic imine (C=N–C) groups is 1. The summed E-state index contributed by atoms with van der Waals surface area (Å²) in [5.74, 6) is 0.955. The topological polar surface area (TPSA) is 52.1 Å². The van der Waals surface area contributed by atoms with Gasteiger partial charge in [-0.3, -0.25) is 9.89 Å². The Morgan fingerprint density at radius 2 is 1.78 bits per heavy atom. The first-order chi connectivity index (χ1) is 13.2. The number of nitrogens with zero attached hydrogens (tertiary/aromatic N) is 3. The van der Waals surface area contributed by atoms with E-state index in [1.807, 2.05) is 0 Å². The first-order valence-electron chi connectivity index (χ1n) is 11.3. The van der Waals surface area contributed by atoms with E-state index >= 15 is 0 Å². The highest BCUT2D eigenvalue weighted by Gasteiger charge is 2.38. The molecule has 2 saturated heterocycles. The Kier molecular flexibility index (Phi) is 8.22. The minimum atomic E-state index is 0.248. The van der Waals surface area contributed by atoms with Crippen LogP contribution in [0.1, 0.15) is 58.3 Å². The van der Waals surface area contributed by atoms with Crippen molar-refractivity contribution in [3.63, 3.8) is 0 Å². The van der Waals surface area contributed by atoms with Crippen molar-refractivity contribution in [3.05, 3.63) is 0 Å². The van der Waals surface area contributed by atoms with E-state index in [1.165, 1.54) is 64.5 Å². The van der Waals surface area contributed by atoms with Crippen LogP contribution in [0, 0.1) is 0 Å². The fraction of sp³-hybridized carbons (Fsp3) is 0.952. The zero-order valence-corrected chi connectivity index (χ0v) is 17.6. The average molecular weight is 380 g/mol. The van der Waals surface area contributed by atoms with Crippen LogP contribution in [0.5, 0.6) is 0 Å². The second kappa shape index (κ2) is 10.6. The number of morpholine rings is 1. The summed E-state index contributed by atoms with van der Waals surface area (Å²) in [6.07, 6.45) is 11.1. The van der Waals surface area contributed by atoms with E-state index in [9.17, 15) is 0 Å². The molecule has 156 valence electrons. The monoisotopic (exact) mass is 379 g/mol. The smallest absolute Gasteiger partial charge is 0.191 e. The van der Waals surface area contributed by atoms with Gasteiger partial charge in [0.2, 0.25) is 0 Å². The van der Waals surface area contributed by atoms with Gasteiger partial charge in [0.25, 0.3) is 0 Å². The molecule has 0 radical (unpaired) electrons. The lowest BCUT2D eigenvalue weighted by atomic mass is 9.79. The molecule has 1 saturated carbocycles. The molecule has 0 amide bonds. The van der Waals surface area contributed by atoms with Gasteiger partial charge in [-0.25, -0.2) is 0 Å². The quantitative estimate of drug-likeness (QED) is 0.547. The van der Waals surface area contributed by atoms with E-state index in [2.05, 4.69) is 34.4 Å². The molecule has 0 bridgehead atoms. The van der Waals surface area contributed by atoms with Crippen LogP contribution in [0.2, 0.25) is 0 Å². The maximum absolute atomic E-state index is 5.89. The van der Waals surface area contributed by atoms with Crippen molar-refractivity contribution >= 4 is 5.96 Å². The molecule has 3 aliphatic rings. The van der Waals surface area contributed by atoms with Crippen LogP contribution >= 0.6 is 0 Å². The Balaban J connectivity index is 1.60. The van der Waals surface area contributed by atoms with Crippen molar-refractivity contribution < 1.29 is 4.74 Å². The summed E-state index contributed by atoms with van der Waals surface area (Å²) < 4.78 is 5.89. The van der Waals surface area contributed by atoms with E-state index in [0.717, 1.165) is 45.3 Å². The maximum atomic E-state index is 5.89. The average Bonchev–Trinajstić information content (AvgIpc) is 2.71. The number of nitrogens with one attached hydrogen (secondary N) is 2. The van der Waals surface area contributed by atoms with Crippen molar-refractivity contribution in [2.45, 2.75) is 69.9 Å². The molecule has 3 rings (SSSR count). The molecule has 27 heavy (non-hydrogen) atoms. The first-order valence-corrected chi connectivity index (χ1v) is 11.3. The SMILES string of the molecule is CCNC(=NCC1(N2CCCCC2)CCCCC1)NCC1CN(C)CCO1. The lowest BCUT2D eigenvalue weighted by Gasteiger charge is -2.47. The molecule has 2 aliphatic heterocycles. The molecular formula is C21H41N5O. The molecule has 2 N–H and O–H groups in total. The number of hydrogen-bond acceptors (Lipinski definition) is 4. The molecular weight excluding hydrogens is 338 g/mol. The molecule has 1 unspecified atom stereocenters. The fourth-order valence-electron chi connectivity index (χ4n) is 4.92. The largest absolute Gasteiger partial charge is 0.374 e. The molecule has 6 heteroatoms. The third kappa shape index (κ3) is 6.06. The summed E-state index contributed by atoms with van der Waals surface area (Å²) in [6.45, 7) is 10.2. The number of piperidine rings is 1. The zero-order chi connectivity index (χ0) is 19.0. The number of guanidine groups is 1. The van der Waals surface area contributed by atoms with E-state index in [1.54, 1.807) is 0 Å². The van der Waals surface area contributed by atoms with Crippen LogP contribution in [0.3, 0.4) is 0 Å². The number of rotatable bonds is 6. The van der Waals surface area contributed by atoms with Crippen LogP contribution in [0.4, 0.5) is 0 Å². The molecule has 0 spiro atoms. The highest BCUT2D eigenvalue weighted by molar-refractivity contribution is 5.79. The predicted octanol–water partition coefficient (Wildman–Crippen LogP) is 2.06. The standard InChI is InChI=1S/C21H41N5O/c1-3-22-20(23-16-19-17-25(2)14-15-27-19)24-18-21(10-6-4-7-11-21)26-12-8-5-9-13-26/h19H,3-18H2,1-2H3,(H2,22,23,24). The zero-order valence-electron chi connectivity index (χ0n) is 17.6. The van der Waals surface area contributed by atoms with E-state index in [4.69, 9.17) is 9.73 Å². The Morgan fingerprint density at radius 1 is 1.04 bits per heavy atom. The highest BCUT2D eigenvalue weighted by Crippen LogP contribution is 2.35. The number of ether oxygens (including phenoxy) is 1. The van der Waals surface area contributed by atoms with Gasteiger partial charge >= 0.3 is 0 Å². The molecule has 1 aliphatic carbocycles. The summed E-state index contributed by atoms with van der Waals surface area (Å²) in [4.78, 5) is 10.2. The third-order valence-electron chi connectivity index (χ3n) is 6.53. The van der Waals surface area contributed by atoms with Crippen LogP contribution < -0.4 is 10.6 Å². The molecule has 6 nitrogen and oxygen atoms in total. The van der Waals surface area contributed by atoms with E-state index < -0.39 is 0 Å². The van der Waals surface area contributed by atoms with Gasteiger partial charge in [0, 0.05) is 31.7 Å². The van der Waals surface area contributed by atoms with Crippen LogP contribution in [-0.4, -0.2) is 86.9 Å². The Bertz CT molecular complexity index is 457. The number of likely N-dealkylation sites (tertiary alicyclic amines) is 1. The lowest BCUT2D eigenvalue weighted by molar-refractivity contribution is -0.0161. The normalized spacial score (nSPS) is 28.1. The summed E-state index contributed by atoms with van der Waals surface area (Å²) in [5.41, 5.74) is 0.294. The van der Waals surface area contributed by atoms with Crippen molar-refractivity contribution in [3.8, 4) is 0 Å². The summed E-state index contributed by atoms with van der Waals surface area (Å²) >= 11 is 0. The highest BCUT2D eigenvalue weighted by atomic mass is 16.5. The lowest BCUT2D eigenvalue weighted by Crippen LogP contribution is -2.55. The molecule has 2 heterocycles. The van der Waals surface area contributed by atoms with Crippen LogP contribution in [-0.2, 0) is 4.74 Å². The Hall–Kier alpha value is -0.850. The third-order valence-corrected chi connectivity index (χ3v) is 6.53. The minimum Gasteiger partial charge on any atom is -0.374 e. The van der Waals surface area contributed by atoms with Crippen LogP contribution in [0.15, 0.2) is 4.99 Å².